The topological polar surface area (TPSA) is 58.3 Å². The van der Waals surface area contributed by atoms with Crippen LogP contribution in [0, 0.1) is 0 Å². The van der Waals surface area contributed by atoms with E-state index in [-0.39, 0.29) is 12.1 Å². The molecule has 1 saturated heterocycles. The van der Waals surface area contributed by atoms with Crippen molar-refractivity contribution in [1.82, 2.24) is 5.32 Å². The molecule has 0 bridgehead atoms. The summed E-state index contributed by atoms with van der Waals surface area (Å²) in [6, 6.07) is 0.965. The highest BCUT2D eigenvalue weighted by Crippen LogP contribution is 2.24. The van der Waals surface area contributed by atoms with Crippen molar-refractivity contribution < 1.29 is 5.11 Å². The Morgan fingerprint density at radius 1 is 1.31 bits per heavy atom. The molecule has 1 aliphatic rings. The lowest BCUT2D eigenvalue weighted by Gasteiger charge is -2.41. The van der Waals surface area contributed by atoms with Crippen LogP contribution in [0.15, 0.2) is 0 Å². The molecule has 3 heteroatoms. The first-order chi connectivity index (χ1) is 6.13. The molecule has 1 heterocycles. The second-order valence-electron chi connectivity index (χ2n) is 4.31. The summed E-state index contributed by atoms with van der Waals surface area (Å²) in [5, 5.41) is 12.8. The molecule has 2 unspecified atom stereocenters. The van der Waals surface area contributed by atoms with Crippen LogP contribution in [0.25, 0.3) is 0 Å². The van der Waals surface area contributed by atoms with Gasteiger partial charge in [0, 0.05) is 17.6 Å². The Morgan fingerprint density at radius 2 is 1.77 bits per heavy atom. The van der Waals surface area contributed by atoms with Crippen molar-refractivity contribution in [3.8, 4) is 0 Å². The van der Waals surface area contributed by atoms with Gasteiger partial charge in [-0.15, -0.1) is 0 Å². The van der Waals surface area contributed by atoms with E-state index < -0.39 is 0 Å². The number of aliphatic hydroxyl groups excluding tert-OH is 1. The molecule has 0 radical (unpaired) electrons. The van der Waals surface area contributed by atoms with Gasteiger partial charge in [0.15, 0.2) is 0 Å². The summed E-state index contributed by atoms with van der Waals surface area (Å²) in [5.41, 5.74) is 5.76. The fraction of sp³-hybridized carbons (Fsp3) is 1.00. The van der Waals surface area contributed by atoms with E-state index >= 15 is 0 Å². The van der Waals surface area contributed by atoms with E-state index in [2.05, 4.69) is 19.2 Å². The molecule has 1 aliphatic heterocycles. The number of nitrogens with two attached hydrogens (primary N) is 1. The molecule has 3 nitrogen and oxygen atoms in total. The van der Waals surface area contributed by atoms with Crippen molar-refractivity contribution in [2.75, 3.05) is 6.61 Å². The SMILES string of the molecule is CCC1CC(N)(CO)CC(CC)N1. The molecule has 0 saturated carbocycles. The minimum atomic E-state index is -0.341. The van der Waals surface area contributed by atoms with Crippen molar-refractivity contribution in [2.45, 2.75) is 57.2 Å². The summed E-state index contributed by atoms with van der Waals surface area (Å²) in [7, 11) is 0. The van der Waals surface area contributed by atoms with Crippen LogP contribution < -0.4 is 11.1 Å². The number of aliphatic hydroxyl groups is 1. The third-order valence-electron chi connectivity index (χ3n) is 3.08. The Balaban J connectivity index is 2.59. The van der Waals surface area contributed by atoms with Crippen LogP contribution in [0.4, 0.5) is 0 Å². The van der Waals surface area contributed by atoms with Crippen LogP contribution in [0.3, 0.4) is 0 Å². The van der Waals surface area contributed by atoms with Crippen molar-refractivity contribution in [1.29, 1.82) is 0 Å². The van der Waals surface area contributed by atoms with Gasteiger partial charge >= 0.3 is 0 Å². The normalized spacial score (nSPS) is 40.6. The van der Waals surface area contributed by atoms with Crippen LogP contribution in [0.2, 0.25) is 0 Å². The zero-order chi connectivity index (χ0) is 9.90. The van der Waals surface area contributed by atoms with Crippen LogP contribution in [0.5, 0.6) is 0 Å². The predicted molar refractivity (Wildman–Crippen MR) is 54.5 cm³/mol. The van der Waals surface area contributed by atoms with Crippen LogP contribution >= 0.6 is 0 Å². The number of hydrogen-bond donors (Lipinski definition) is 3. The van der Waals surface area contributed by atoms with Gasteiger partial charge in [0.1, 0.15) is 0 Å². The Labute approximate surface area is 80.7 Å². The van der Waals surface area contributed by atoms with E-state index in [0.29, 0.717) is 12.1 Å². The Hall–Kier alpha value is -0.120. The summed E-state index contributed by atoms with van der Waals surface area (Å²) < 4.78 is 0. The Bertz CT molecular complexity index is 149. The molecule has 0 spiro atoms. The van der Waals surface area contributed by atoms with E-state index in [1.807, 2.05) is 0 Å². The molecular formula is C10H22N2O. The lowest BCUT2D eigenvalue weighted by Crippen LogP contribution is -2.59. The van der Waals surface area contributed by atoms with Crippen LogP contribution in [0.1, 0.15) is 39.5 Å². The van der Waals surface area contributed by atoms with Gasteiger partial charge < -0.3 is 16.2 Å². The third-order valence-corrected chi connectivity index (χ3v) is 3.08. The highest BCUT2D eigenvalue weighted by Gasteiger charge is 2.35. The zero-order valence-corrected chi connectivity index (χ0v) is 8.71. The van der Waals surface area contributed by atoms with Crippen molar-refractivity contribution >= 4 is 0 Å². The highest BCUT2D eigenvalue weighted by atomic mass is 16.3. The summed E-state index contributed by atoms with van der Waals surface area (Å²) >= 11 is 0. The second-order valence-corrected chi connectivity index (χ2v) is 4.31. The minimum absolute atomic E-state index is 0.113. The number of nitrogens with one attached hydrogen (secondary N) is 1. The van der Waals surface area contributed by atoms with Gasteiger partial charge in [-0.1, -0.05) is 13.8 Å². The van der Waals surface area contributed by atoms with E-state index in [0.717, 1.165) is 25.7 Å². The first-order valence-corrected chi connectivity index (χ1v) is 5.29. The fourth-order valence-corrected chi connectivity index (χ4v) is 2.17. The fourth-order valence-electron chi connectivity index (χ4n) is 2.17. The number of hydrogen-bond acceptors (Lipinski definition) is 3. The zero-order valence-electron chi connectivity index (χ0n) is 8.71. The number of rotatable bonds is 3. The lowest BCUT2D eigenvalue weighted by atomic mass is 9.80. The summed E-state index contributed by atoms with van der Waals surface area (Å²) in [6.07, 6.45) is 3.98. The minimum Gasteiger partial charge on any atom is -0.394 e. The van der Waals surface area contributed by atoms with E-state index in [1.54, 1.807) is 0 Å². The Morgan fingerprint density at radius 3 is 2.08 bits per heavy atom. The highest BCUT2D eigenvalue weighted by molar-refractivity contribution is 4.97. The molecule has 0 aromatic carbocycles. The van der Waals surface area contributed by atoms with Crippen molar-refractivity contribution in [2.24, 2.45) is 5.73 Å². The van der Waals surface area contributed by atoms with E-state index in [9.17, 15) is 5.11 Å². The van der Waals surface area contributed by atoms with Gasteiger partial charge in [0.05, 0.1) is 6.61 Å². The van der Waals surface area contributed by atoms with Crippen LogP contribution in [-0.2, 0) is 0 Å². The molecule has 78 valence electrons. The predicted octanol–water partition coefficient (Wildman–Crippen LogP) is 0.617. The van der Waals surface area contributed by atoms with Crippen molar-refractivity contribution in [3.05, 3.63) is 0 Å². The van der Waals surface area contributed by atoms with Gasteiger partial charge in [0.25, 0.3) is 0 Å². The first kappa shape index (κ1) is 11.0. The lowest BCUT2D eigenvalue weighted by molar-refractivity contribution is 0.118. The van der Waals surface area contributed by atoms with Gasteiger partial charge in [-0.05, 0) is 25.7 Å². The van der Waals surface area contributed by atoms with Crippen LogP contribution in [-0.4, -0.2) is 29.3 Å². The quantitative estimate of drug-likeness (QED) is 0.605. The molecule has 2 atom stereocenters. The molecular weight excluding hydrogens is 164 g/mol. The molecule has 0 amide bonds. The summed E-state index contributed by atoms with van der Waals surface area (Å²) in [6.45, 7) is 4.43. The summed E-state index contributed by atoms with van der Waals surface area (Å²) in [4.78, 5) is 0. The molecule has 1 rings (SSSR count). The second kappa shape index (κ2) is 4.40. The third kappa shape index (κ3) is 2.66. The first-order valence-electron chi connectivity index (χ1n) is 5.29. The average molecular weight is 186 g/mol. The maximum Gasteiger partial charge on any atom is 0.0612 e. The largest absolute Gasteiger partial charge is 0.394 e. The molecule has 0 aromatic rings. The van der Waals surface area contributed by atoms with E-state index in [4.69, 9.17) is 5.73 Å². The monoisotopic (exact) mass is 186 g/mol. The molecule has 0 aliphatic carbocycles. The smallest absolute Gasteiger partial charge is 0.0612 e. The van der Waals surface area contributed by atoms with E-state index in [1.165, 1.54) is 0 Å². The maximum absolute atomic E-state index is 9.22. The van der Waals surface area contributed by atoms with Crippen molar-refractivity contribution in [3.63, 3.8) is 0 Å². The summed E-state index contributed by atoms with van der Waals surface area (Å²) in [5.74, 6) is 0. The standard InChI is InChI=1S/C10H22N2O/c1-3-8-5-10(11,7-13)6-9(4-2)12-8/h8-9,12-13H,3-7,11H2,1-2H3. The molecule has 0 aromatic heterocycles. The molecule has 1 fully saturated rings. The maximum atomic E-state index is 9.22. The van der Waals surface area contributed by atoms with Gasteiger partial charge in [-0.25, -0.2) is 0 Å². The number of piperidine rings is 1. The molecule has 13 heavy (non-hydrogen) atoms. The Kier molecular flexibility index (Phi) is 3.71. The van der Waals surface area contributed by atoms with Gasteiger partial charge in [-0.2, -0.15) is 0 Å². The van der Waals surface area contributed by atoms with Gasteiger partial charge in [0.2, 0.25) is 0 Å². The molecule has 4 N–H and O–H groups in total. The average Bonchev–Trinajstić information content (AvgIpc) is 2.17. The van der Waals surface area contributed by atoms with Gasteiger partial charge in [-0.3, -0.25) is 0 Å².